The zero-order chi connectivity index (χ0) is 15.2. The fraction of sp³-hybridized carbons (Fsp3) is 0.235. The Morgan fingerprint density at radius 2 is 1.71 bits per heavy atom. The minimum atomic E-state index is -0.226. The molecule has 0 radical (unpaired) electrons. The lowest BCUT2D eigenvalue weighted by Gasteiger charge is -2.09. The van der Waals surface area contributed by atoms with Gasteiger partial charge in [-0.05, 0) is 50.2 Å². The number of hydrogen-bond donors (Lipinski definition) is 0. The number of carbonyl (C=O) groups excluding carboxylic acids is 2. The average Bonchev–Trinajstić information content (AvgIpc) is 2.48. The van der Waals surface area contributed by atoms with Gasteiger partial charge in [-0.25, -0.2) is 0 Å². The molecular formula is C17H17NO3. The Morgan fingerprint density at radius 1 is 1.05 bits per heavy atom. The van der Waals surface area contributed by atoms with Crippen molar-refractivity contribution in [2.24, 2.45) is 0 Å². The summed E-state index contributed by atoms with van der Waals surface area (Å²) in [6.07, 6.45) is 2.98. The smallest absolute Gasteiger partial charge is 0.172 e. The molecule has 21 heavy (non-hydrogen) atoms. The van der Waals surface area contributed by atoms with Crippen LogP contribution in [0, 0.1) is 0 Å². The maximum absolute atomic E-state index is 12.1. The Hall–Kier alpha value is -2.49. The highest BCUT2D eigenvalue weighted by atomic mass is 16.5. The van der Waals surface area contributed by atoms with Crippen molar-refractivity contribution in [2.75, 3.05) is 0 Å². The highest BCUT2D eigenvalue weighted by Crippen LogP contribution is 2.15. The van der Waals surface area contributed by atoms with Crippen molar-refractivity contribution in [3.63, 3.8) is 0 Å². The molecule has 1 heterocycles. The van der Waals surface area contributed by atoms with Crippen molar-refractivity contribution < 1.29 is 14.3 Å². The predicted octanol–water partition coefficient (Wildman–Crippen LogP) is 3.32. The van der Waals surface area contributed by atoms with Crippen LogP contribution in [0.5, 0.6) is 5.75 Å². The molecule has 0 aliphatic carbocycles. The second kappa shape index (κ2) is 6.79. The van der Waals surface area contributed by atoms with Crippen molar-refractivity contribution >= 4 is 11.6 Å². The molecule has 4 nitrogen and oxygen atoms in total. The van der Waals surface area contributed by atoms with Crippen LogP contribution in [0.3, 0.4) is 0 Å². The van der Waals surface area contributed by atoms with E-state index in [-0.39, 0.29) is 24.1 Å². The Kier molecular flexibility index (Phi) is 4.82. The lowest BCUT2D eigenvalue weighted by Crippen LogP contribution is -2.09. The standard InChI is InChI=1S/C17H17NO3/c1-12(2)21-15-7-5-13(6-8-15)16(19)10-17(20)14-4-3-9-18-11-14/h3-9,11-12H,10H2,1-2H3. The fourth-order valence-electron chi connectivity index (χ4n) is 1.87. The number of ether oxygens (including phenoxy) is 1. The molecule has 0 aliphatic rings. The highest BCUT2D eigenvalue weighted by Gasteiger charge is 2.13. The molecular weight excluding hydrogens is 266 g/mol. The third-order valence-electron chi connectivity index (χ3n) is 2.85. The second-order valence-corrected chi connectivity index (χ2v) is 4.96. The summed E-state index contributed by atoms with van der Waals surface area (Å²) in [6.45, 7) is 3.87. The molecule has 108 valence electrons. The summed E-state index contributed by atoms with van der Waals surface area (Å²) in [5.74, 6) is 0.274. The van der Waals surface area contributed by atoms with Gasteiger partial charge in [0.1, 0.15) is 5.75 Å². The first-order chi connectivity index (χ1) is 10.1. The number of benzene rings is 1. The summed E-state index contributed by atoms with van der Waals surface area (Å²) >= 11 is 0. The zero-order valence-corrected chi connectivity index (χ0v) is 12.1. The third-order valence-corrected chi connectivity index (χ3v) is 2.85. The first-order valence-corrected chi connectivity index (χ1v) is 6.79. The first-order valence-electron chi connectivity index (χ1n) is 6.79. The van der Waals surface area contributed by atoms with Crippen molar-refractivity contribution in [3.05, 3.63) is 59.9 Å². The molecule has 0 amide bonds. The molecule has 0 aliphatic heterocycles. The zero-order valence-electron chi connectivity index (χ0n) is 12.1. The van der Waals surface area contributed by atoms with Crippen molar-refractivity contribution in [1.29, 1.82) is 0 Å². The van der Waals surface area contributed by atoms with E-state index in [0.29, 0.717) is 16.9 Å². The first kappa shape index (κ1) is 14.9. The Balaban J connectivity index is 2.02. The summed E-state index contributed by atoms with van der Waals surface area (Å²) in [7, 11) is 0. The number of nitrogens with zero attached hydrogens (tertiary/aromatic N) is 1. The third kappa shape index (κ3) is 4.24. The van der Waals surface area contributed by atoms with Crippen LogP contribution in [0.15, 0.2) is 48.8 Å². The topological polar surface area (TPSA) is 56.3 Å². The lowest BCUT2D eigenvalue weighted by atomic mass is 10.0. The van der Waals surface area contributed by atoms with Gasteiger partial charge in [-0.1, -0.05) is 0 Å². The van der Waals surface area contributed by atoms with Crippen LogP contribution in [0.2, 0.25) is 0 Å². The van der Waals surface area contributed by atoms with Gasteiger partial charge in [-0.2, -0.15) is 0 Å². The van der Waals surface area contributed by atoms with Crippen molar-refractivity contribution in [3.8, 4) is 5.75 Å². The molecule has 0 bridgehead atoms. The van der Waals surface area contributed by atoms with Gasteiger partial charge in [0.05, 0.1) is 12.5 Å². The van der Waals surface area contributed by atoms with Gasteiger partial charge in [-0.15, -0.1) is 0 Å². The van der Waals surface area contributed by atoms with Crippen LogP contribution < -0.4 is 4.74 Å². The van der Waals surface area contributed by atoms with Crippen LogP contribution in [0.4, 0.5) is 0 Å². The monoisotopic (exact) mass is 283 g/mol. The van der Waals surface area contributed by atoms with E-state index in [2.05, 4.69) is 4.98 Å². The minimum Gasteiger partial charge on any atom is -0.491 e. The van der Waals surface area contributed by atoms with Crippen LogP contribution in [-0.2, 0) is 0 Å². The van der Waals surface area contributed by atoms with Crippen molar-refractivity contribution in [2.45, 2.75) is 26.4 Å². The van der Waals surface area contributed by atoms with E-state index in [1.165, 1.54) is 6.20 Å². The maximum atomic E-state index is 12.1. The number of pyridine rings is 1. The van der Waals surface area contributed by atoms with E-state index in [1.807, 2.05) is 13.8 Å². The van der Waals surface area contributed by atoms with Gasteiger partial charge in [0.25, 0.3) is 0 Å². The molecule has 2 rings (SSSR count). The van der Waals surface area contributed by atoms with Gasteiger partial charge < -0.3 is 4.74 Å². The largest absolute Gasteiger partial charge is 0.491 e. The molecule has 0 fully saturated rings. The van der Waals surface area contributed by atoms with Gasteiger partial charge in [0.2, 0.25) is 0 Å². The van der Waals surface area contributed by atoms with Crippen LogP contribution in [0.1, 0.15) is 41.0 Å². The van der Waals surface area contributed by atoms with E-state index in [9.17, 15) is 9.59 Å². The van der Waals surface area contributed by atoms with Crippen LogP contribution >= 0.6 is 0 Å². The number of Topliss-reactive ketones (excluding diaryl/α,β-unsaturated/α-hetero) is 2. The van der Waals surface area contributed by atoms with Gasteiger partial charge >= 0.3 is 0 Å². The predicted molar refractivity (Wildman–Crippen MR) is 79.7 cm³/mol. The number of hydrogen-bond acceptors (Lipinski definition) is 4. The molecule has 0 saturated carbocycles. The summed E-state index contributed by atoms with van der Waals surface area (Å²) in [5, 5.41) is 0. The fourth-order valence-corrected chi connectivity index (χ4v) is 1.87. The van der Waals surface area contributed by atoms with E-state index < -0.39 is 0 Å². The summed E-state index contributed by atoms with van der Waals surface area (Å²) < 4.78 is 5.51. The summed E-state index contributed by atoms with van der Waals surface area (Å²) in [6, 6.07) is 10.2. The van der Waals surface area contributed by atoms with E-state index in [4.69, 9.17) is 4.74 Å². The Bertz CT molecular complexity index is 618. The molecule has 0 saturated heterocycles. The summed E-state index contributed by atoms with van der Waals surface area (Å²) in [4.78, 5) is 27.9. The van der Waals surface area contributed by atoms with Crippen LogP contribution in [0.25, 0.3) is 0 Å². The number of aromatic nitrogens is 1. The van der Waals surface area contributed by atoms with Gasteiger partial charge in [-0.3, -0.25) is 14.6 Å². The van der Waals surface area contributed by atoms with E-state index >= 15 is 0 Å². The molecule has 4 heteroatoms. The second-order valence-electron chi connectivity index (χ2n) is 4.96. The van der Waals surface area contributed by atoms with Gasteiger partial charge in [0, 0.05) is 23.5 Å². The molecule has 0 atom stereocenters. The average molecular weight is 283 g/mol. The molecule has 0 unspecified atom stereocenters. The number of ketones is 2. The summed E-state index contributed by atoms with van der Waals surface area (Å²) in [5.41, 5.74) is 0.953. The number of carbonyl (C=O) groups is 2. The van der Waals surface area contributed by atoms with Crippen LogP contribution in [-0.4, -0.2) is 22.7 Å². The van der Waals surface area contributed by atoms with E-state index in [1.54, 1.807) is 42.6 Å². The molecule has 1 aromatic heterocycles. The normalized spacial score (nSPS) is 10.4. The molecule has 0 N–H and O–H groups in total. The number of rotatable bonds is 6. The lowest BCUT2D eigenvalue weighted by molar-refractivity contribution is 0.0894. The molecule has 2 aromatic rings. The Morgan fingerprint density at radius 3 is 2.29 bits per heavy atom. The van der Waals surface area contributed by atoms with E-state index in [0.717, 1.165) is 0 Å². The quantitative estimate of drug-likeness (QED) is 0.602. The molecule has 1 aromatic carbocycles. The SMILES string of the molecule is CC(C)Oc1ccc(C(=O)CC(=O)c2cccnc2)cc1. The van der Waals surface area contributed by atoms with Gasteiger partial charge in [0.15, 0.2) is 11.6 Å². The maximum Gasteiger partial charge on any atom is 0.172 e. The Labute approximate surface area is 123 Å². The highest BCUT2D eigenvalue weighted by molar-refractivity contribution is 6.13. The molecule has 0 spiro atoms. The minimum absolute atomic E-state index is 0.0821. The van der Waals surface area contributed by atoms with Crippen molar-refractivity contribution in [1.82, 2.24) is 4.98 Å².